The standard InChI is InChI=1S/C20H23N3O4/c1-3-26-18-9-6-12-23-13-15(22-20(18)23)10-11-21-19(24)14-27-17-8-5-4-7-16(17)25-2/h4-9,12-13H,3,10-11,14H2,1-2H3,(H,21,24). The Hall–Kier alpha value is -3.22. The zero-order valence-electron chi connectivity index (χ0n) is 15.5. The van der Waals surface area contributed by atoms with Crippen LogP contribution in [0.5, 0.6) is 17.2 Å². The maximum Gasteiger partial charge on any atom is 0.257 e. The summed E-state index contributed by atoms with van der Waals surface area (Å²) in [5, 5.41) is 2.84. The van der Waals surface area contributed by atoms with Gasteiger partial charge in [-0.15, -0.1) is 0 Å². The molecule has 0 radical (unpaired) electrons. The molecule has 0 bridgehead atoms. The van der Waals surface area contributed by atoms with E-state index < -0.39 is 0 Å². The van der Waals surface area contributed by atoms with Gasteiger partial charge in [-0.05, 0) is 31.2 Å². The van der Waals surface area contributed by atoms with Gasteiger partial charge in [0.2, 0.25) is 0 Å². The van der Waals surface area contributed by atoms with E-state index in [2.05, 4.69) is 10.3 Å². The van der Waals surface area contributed by atoms with Crippen LogP contribution in [0.25, 0.3) is 5.65 Å². The van der Waals surface area contributed by atoms with E-state index in [9.17, 15) is 4.79 Å². The maximum atomic E-state index is 12.0. The number of hydrogen-bond acceptors (Lipinski definition) is 5. The second kappa shape index (κ2) is 8.93. The molecule has 0 aliphatic carbocycles. The Morgan fingerprint density at radius 3 is 2.67 bits per heavy atom. The van der Waals surface area contributed by atoms with Crippen molar-refractivity contribution in [1.29, 1.82) is 0 Å². The number of rotatable bonds is 9. The highest BCUT2D eigenvalue weighted by Gasteiger charge is 2.09. The number of imidazole rings is 1. The molecule has 0 spiro atoms. The number of amides is 1. The summed E-state index contributed by atoms with van der Waals surface area (Å²) in [4.78, 5) is 16.6. The molecule has 3 rings (SSSR count). The summed E-state index contributed by atoms with van der Waals surface area (Å²) < 4.78 is 18.2. The number of fused-ring (bicyclic) bond motifs is 1. The van der Waals surface area contributed by atoms with E-state index in [0.717, 1.165) is 17.1 Å². The van der Waals surface area contributed by atoms with Crippen LogP contribution in [0.1, 0.15) is 12.6 Å². The molecule has 7 nitrogen and oxygen atoms in total. The third-order valence-electron chi connectivity index (χ3n) is 3.93. The maximum absolute atomic E-state index is 12.0. The SMILES string of the molecule is CCOc1cccn2cc(CCNC(=O)COc3ccccc3OC)nc12. The van der Waals surface area contributed by atoms with Crippen LogP contribution in [0.15, 0.2) is 48.8 Å². The number of methoxy groups -OCH3 is 1. The van der Waals surface area contributed by atoms with E-state index in [1.165, 1.54) is 0 Å². The lowest BCUT2D eigenvalue weighted by Gasteiger charge is -2.10. The minimum Gasteiger partial charge on any atom is -0.493 e. The molecule has 2 aromatic heterocycles. The molecular formula is C20H23N3O4. The van der Waals surface area contributed by atoms with Gasteiger partial charge in [-0.3, -0.25) is 4.79 Å². The smallest absolute Gasteiger partial charge is 0.257 e. The summed E-state index contributed by atoms with van der Waals surface area (Å²) in [5.41, 5.74) is 1.66. The van der Waals surface area contributed by atoms with Crippen LogP contribution in [0.4, 0.5) is 0 Å². The van der Waals surface area contributed by atoms with Crippen LogP contribution in [-0.4, -0.2) is 42.2 Å². The van der Waals surface area contributed by atoms with Crippen molar-refractivity contribution in [2.45, 2.75) is 13.3 Å². The number of para-hydroxylation sites is 2. The average molecular weight is 369 g/mol. The lowest BCUT2D eigenvalue weighted by Crippen LogP contribution is -2.30. The van der Waals surface area contributed by atoms with Crippen molar-refractivity contribution >= 4 is 11.6 Å². The number of carbonyl (C=O) groups excluding carboxylic acids is 1. The predicted octanol–water partition coefficient (Wildman–Crippen LogP) is 2.48. The molecule has 0 atom stereocenters. The summed E-state index contributed by atoms with van der Waals surface area (Å²) in [6.07, 6.45) is 4.48. The second-order valence-electron chi connectivity index (χ2n) is 5.81. The number of nitrogens with zero attached hydrogens (tertiary/aromatic N) is 2. The van der Waals surface area contributed by atoms with Crippen molar-refractivity contribution in [2.75, 3.05) is 26.9 Å². The Balaban J connectivity index is 1.50. The van der Waals surface area contributed by atoms with Gasteiger partial charge in [-0.1, -0.05) is 12.1 Å². The first-order chi connectivity index (χ1) is 13.2. The molecule has 0 aliphatic rings. The monoisotopic (exact) mass is 369 g/mol. The van der Waals surface area contributed by atoms with Gasteiger partial charge >= 0.3 is 0 Å². The van der Waals surface area contributed by atoms with E-state index in [0.29, 0.717) is 31.1 Å². The first-order valence-electron chi connectivity index (χ1n) is 8.83. The molecular weight excluding hydrogens is 346 g/mol. The summed E-state index contributed by atoms with van der Waals surface area (Å²) in [6, 6.07) is 11.0. The van der Waals surface area contributed by atoms with Crippen LogP contribution in [-0.2, 0) is 11.2 Å². The molecule has 0 aliphatic heterocycles. The lowest BCUT2D eigenvalue weighted by atomic mass is 10.3. The Kier molecular flexibility index (Phi) is 6.14. The van der Waals surface area contributed by atoms with Crippen molar-refractivity contribution in [3.05, 3.63) is 54.5 Å². The van der Waals surface area contributed by atoms with E-state index >= 15 is 0 Å². The van der Waals surface area contributed by atoms with Gasteiger partial charge in [0.1, 0.15) is 0 Å². The Labute approximate surface area is 157 Å². The van der Waals surface area contributed by atoms with Gasteiger partial charge in [0, 0.05) is 25.4 Å². The molecule has 0 saturated carbocycles. The number of benzene rings is 1. The Bertz CT molecular complexity index is 907. The number of carbonyl (C=O) groups is 1. The zero-order valence-corrected chi connectivity index (χ0v) is 15.5. The van der Waals surface area contributed by atoms with Gasteiger partial charge in [-0.2, -0.15) is 0 Å². The molecule has 1 amide bonds. The largest absolute Gasteiger partial charge is 0.493 e. The molecule has 0 unspecified atom stereocenters. The van der Waals surface area contributed by atoms with Gasteiger partial charge in [0.15, 0.2) is 29.5 Å². The number of nitrogens with one attached hydrogen (secondary N) is 1. The van der Waals surface area contributed by atoms with Crippen LogP contribution in [0.2, 0.25) is 0 Å². The van der Waals surface area contributed by atoms with Crippen LogP contribution >= 0.6 is 0 Å². The number of ether oxygens (including phenoxy) is 3. The summed E-state index contributed by atoms with van der Waals surface area (Å²) in [5.74, 6) is 1.69. The summed E-state index contributed by atoms with van der Waals surface area (Å²) in [7, 11) is 1.56. The quantitative estimate of drug-likeness (QED) is 0.627. The van der Waals surface area contributed by atoms with Crippen LogP contribution < -0.4 is 19.5 Å². The van der Waals surface area contributed by atoms with Crippen molar-refractivity contribution < 1.29 is 19.0 Å². The first-order valence-corrected chi connectivity index (χ1v) is 8.83. The van der Waals surface area contributed by atoms with E-state index in [4.69, 9.17) is 14.2 Å². The fraction of sp³-hybridized carbons (Fsp3) is 0.300. The highest BCUT2D eigenvalue weighted by Crippen LogP contribution is 2.25. The molecule has 27 heavy (non-hydrogen) atoms. The van der Waals surface area contributed by atoms with E-state index in [-0.39, 0.29) is 12.5 Å². The van der Waals surface area contributed by atoms with Gasteiger partial charge in [0.25, 0.3) is 5.91 Å². The molecule has 0 saturated heterocycles. The fourth-order valence-corrected chi connectivity index (χ4v) is 2.69. The van der Waals surface area contributed by atoms with Crippen LogP contribution in [0.3, 0.4) is 0 Å². The molecule has 0 fully saturated rings. The minimum atomic E-state index is -0.195. The summed E-state index contributed by atoms with van der Waals surface area (Å²) >= 11 is 0. The van der Waals surface area contributed by atoms with Crippen molar-refractivity contribution in [2.24, 2.45) is 0 Å². The number of hydrogen-bond donors (Lipinski definition) is 1. The number of pyridine rings is 1. The topological polar surface area (TPSA) is 74.1 Å². The van der Waals surface area contributed by atoms with Gasteiger partial charge in [0.05, 0.1) is 19.4 Å². The highest BCUT2D eigenvalue weighted by atomic mass is 16.5. The van der Waals surface area contributed by atoms with Gasteiger partial charge in [-0.25, -0.2) is 4.98 Å². The third-order valence-corrected chi connectivity index (χ3v) is 3.93. The fourth-order valence-electron chi connectivity index (χ4n) is 2.69. The van der Waals surface area contributed by atoms with Gasteiger partial charge < -0.3 is 23.9 Å². The first kappa shape index (κ1) is 18.6. The molecule has 3 aromatic rings. The van der Waals surface area contributed by atoms with Crippen molar-refractivity contribution in [1.82, 2.24) is 14.7 Å². The summed E-state index contributed by atoms with van der Waals surface area (Å²) in [6.45, 7) is 2.93. The van der Waals surface area contributed by atoms with E-state index in [1.807, 2.05) is 48.0 Å². The van der Waals surface area contributed by atoms with Crippen molar-refractivity contribution in [3.63, 3.8) is 0 Å². The minimum absolute atomic E-state index is 0.0694. The average Bonchev–Trinajstić information content (AvgIpc) is 3.11. The molecule has 142 valence electrons. The normalized spacial score (nSPS) is 10.6. The lowest BCUT2D eigenvalue weighted by molar-refractivity contribution is -0.123. The predicted molar refractivity (Wildman–Crippen MR) is 102 cm³/mol. The second-order valence-corrected chi connectivity index (χ2v) is 5.81. The molecule has 1 aromatic carbocycles. The van der Waals surface area contributed by atoms with Crippen LogP contribution in [0, 0.1) is 0 Å². The molecule has 1 N–H and O–H groups in total. The highest BCUT2D eigenvalue weighted by molar-refractivity contribution is 5.77. The Morgan fingerprint density at radius 2 is 1.89 bits per heavy atom. The molecule has 7 heteroatoms. The van der Waals surface area contributed by atoms with E-state index in [1.54, 1.807) is 19.2 Å². The zero-order chi connectivity index (χ0) is 19.1. The molecule has 2 heterocycles. The third kappa shape index (κ3) is 4.69. The Morgan fingerprint density at radius 1 is 1.11 bits per heavy atom. The van der Waals surface area contributed by atoms with Crippen molar-refractivity contribution in [3.8, 4) is 17.2 Å². The number of aromatic nitrogens is 2.